The molecule has 6 heteroatoms. The quantitative estimate of drug-likeness (QED) is 0.787. The predicted molar refractivity (Wildman–Crippen MR) is 66.7 cm³/mol. The topological polar surface area (TPSA) is 69.0 Å². The highest BCUT2D eigenvalue weighted by atomic mass is 32.2. The lowest BCUT2D eigenvalue weighted by Crippen LogP contribution is -2.07. The molecule has 0 amide bonds. The maximum atomic E-state index is 11.6. The summed E-state index contributed by atoms with van der Waals surface area (Å²) in [6.45, 7) is 1.40. The van der Waals surface area contributed by atoms with Gasteiger partial charge in [0.2, 0.25) is 0 Å². The maximum absolute atomic E-state index is 11.6. The molecule has 18 heavy (non-hydrogen) atoms. The van der Waals surface area contributed by atoms with E-state index in [-0.39, 0.29) is 10.7 Å². The molecule has 0 bridgehead atoms. The molecular formula is C12H12N2O3S. The molecule has 0 spiro atoms. The fourth-order valence-corrected chi connectivity index (χ4v) is 2.29. The number of hydrogen-bond acceptors (Lipinski definition) is 4. The van der Waals surface area contributed by atoms with Crippen LogP contribution < -0.4 is 0 Å². The Morgan fingerprint density at radius 2 is 2.06 bits per heavy atom. The fourth-order valence-electron chi connectivity index (χ4n) is 1.64. The number of ketones is 1. The highest BCUT2D eigenvalue weighted by Crippen LogP contribution is 2.19. The number of carbonyl (C=O) groups is 1. The maximum Gasteiger partial charge on any atom is 0.175 e. The van der Waals surface area contributed by atoms with Crippen LogP contribution in [0.3, 0.4) is 0 Å². The van der Waals surface area contributed by atoms with Crippen LogP contribution in [0.2, 0.25) is 0 Å². The van der Waals surface area contributed by atoms with Crippen molar-refractivity contribution in [3.8, 4) is 5.69 Å². The first-order valence-corrected chi connectivity index (χ1v) is 7.14. The van der Waals surface area contributed by atoms with E-state index in [4.69, 9.17) is 0 Å². The zero-order valence-corrected chi connectivity index (χ0v) is 10.8. The summed E-state index contributed by atoms with van der Waals surface area (Å²) in [6.07, 6.45) is 4.40. The lowest BCUT2D eigenvalue weighted by atomic mass is 10.1. The Morgan fingerprint density at radius 3 is 2.56 bits per heavy atom. The predicted octanol–water partition coefficient (Wildman–Crippen LogP) is 1.48. The van der Waals surface area contributed by atoms with Crippen LogP contribution in [0.15, 0.2) is 41.6 Å². The van der Waals surface area contributed by atoms with Gasteiger partial charge in [-0.05, 0) is 31.2 Å². The molecule has 0 radical (unpaired) electrons. The van der Waals surface area contributed by atoms with Gasteiger partial charge in [0.1, 0.15) is 0 Å². The Balaban J connectivity index is 2.67. The number of rotatable bonds is 3. The molecule has 2 rings (SSSR count). The zero-order valence-electron chi connectivity index (χ0n) is 9.99. The van der Waals surface area contributed by atoms with Crippen LogP contribution in [-0.4, -0.2) is 30.2 Å². The molecule has 1 aromatic heterocycles. The summed E-state index contributed by atoms with van der Waals surface area (Å²) >= 11 is 0. The van der Waals surface area contributed by atoms with E-state index < -0.39 is 9.84 Å². The third-order valence-corrected chi connectivity index (χ3v) is 3.64. The summed E-state index contributed by atoms with van der Waals surface area (Å²) in [5, 5.41) is 4.04. The first-order valence-electron chi connectivity index (χ1n) is 5.24. The number of Topliss-reactive ketones (excluding diaryl/α,β-unsaturated/α-hetero) is 1. The molecular weight excluding hydrogens is 252 g/mol. The van der Waals surface area contributed by atoms with Gasteiger partial charge in [0.15, 0.2) is 15.6 Å². The molecule has 94 valence electrons. The van der Waals surface area contributed by atoms with Gasteiger partial charge in [-0.15, -0.1) is 0 Å². The molecule has 0 unspecified atom stereocenters. The van der Waals surface area contributed by atoms with Gasteiger partial charge in [0, 0.05) is 24.2 Å². The fraction of sp³-hybridized carbons (Fsp3) is 0.167. The second kappa shape index (κ2) is 4.38. The van der Waals surface area contributed by atoms with Crippen molar-refractivity contribution in [2.75, 3.05) is 6.26 Å². The van der Waals surface area contributed by atoms with Crippen molar-refractivity contribution in [1.29, 1.82) is 0 Å². The van der Waals surface area contributed by atoms with Gasteiger partial charge >= 0.3 is 0 Å². The second-order valence-electron chi connectivity index (χ2n) is 3.96. The van der Waals surface area contributed by atoms with E-state index in [2.05, 4.69) is 5.10 Å². The van der Waals surface area contributed by atoms with Gasteiger partial charge in [0.05, 0.1) is 10.6 Å². The van der Waals surface area contributed by atoms with E-state index in [1.54, 1.807) is 24.5 Å². The Labute approximate surface area is 105 Å². The summed E-state index contributed by atoms with van der Waals surface area (Å²) in [7, 11) is -3.33. The first kappa shape index (κ1) is 12.5. The second-order valence-corrected chi connectivity index (χ2v) is 5.97. The molecule has 0 saturated heterocycles. The lowest BCUT2D eigenvalue weighted by Gasteiger charge is -2.08. The van der Waals surface area contributed by atoms with Crippen molar-refractivity contribution >= 4 is 15.6 Å². The van der Waals surface area contributed by atoms with E-state index in [0.29, 0.717) is 11.3 Å². The molecule has 0 aliphatic carbocycles. The van der Waals surface area contributed by atoms with Crippen LogP contribution in [0.4, 0.5) is 0 Å². The van der Waals surface area contributed by atoms with E-state index >= 15 is 0 Å². The number of nitrogens with zero attached hydrogens (tertiary/aromatic N) is 2. The highest BCUT2D eigenvalue weighted by Gasteiger charge is 2.14. The third-order valence-electron chi connectivity index (χ3n) is 2.53. The summed E-state index contributed by atoms with van der Waals surface area (Å²) in [5.41, 5.74) is 0.904. The molecule has 1 heterocycles. The monoisotopic (exact) mass is 264 g/mol. The third kappa shape index (κ3) is 2.33. The minimum Gasteiger partial charge on any atom is -0.294 e. The molecule has 0 aliphatic rings. The van der Waals surface area contributed by atoms with Gasteiger partial charge < -0.3 is 0 Å². The average molecular weight is 264 g/mol. The SMILES string of the molecule is CC(=O)c1cc(S(C)(=O)=O)ccc1-n1cccn1. The summed E-state index contributed by atoms with van der Waals surface area (Å²) in [6, 6.07) is 6.17. The molecule has 5 nitrogen and oxygen atoms in total. The Kier molecular flexibility index (Phi) is 3.04. The van der Waals surface area contributed by atoms with E-state index in [9.17, 15) is 13.2 Å². The van der Waals surface area contributed by atoms with Crippen LogP contribution in [-0.2, 0) is 9.84 Å². The van der Waals surface area contributed by atoms with Gasteiger partial charge in [0.25, 0.3) is 0 Å². The van der Waals surface area contributed by atoms with Crippen molar-refractivity contribution in [2.45, 2.75) is 11.8 Å². The van der Waals surface area contributed by atoms with Gasteiger partial charge in [-0.2, -0.15) is 5.10 Å². The van der Waals surface area contributed by atoms with Crippen molar-refractivity contribution < 1.29 is 13.2 Å². The minimum atomic E-state index is -3.33. The average Bonchev–Trinajstić information content (AvgIpc) is 2.80. The summed E-state index contributed by atoms with van der Waals surface area (Å²) in [5.74, 6) is -0.203. The molecule has 0 saturated carbocycles. The van der Waals surface area contributed by atoms with E-state index in [0.717, 1.165) is 6.26 Å². The van der Waals surface area contributed by atoms with Gasteiger partial charge in [-0.3, -0.25) is 4.79 Å². The summed E-state index contributed by atoms with van der Waals surface area (Å²) in [4.78, 5) is 11.7. The van der Waals surface area contributed by atoms with Gasteiger partial charge in [-0.25, -0.2) is 13.1 Å². The van der Waals surface area contributed by atoms with Crippen molar-refractivity contribution in [2.24, 2.45) is 0 Å². The Morgan fingerprint density at radius 1 is 1.33 bits per heavy atom. The van der Waals surface area contributed by atoms with E-state index in [1.807, 2.05) is 0 Å². The normalized spacial score (nSPS) is 11.4. The van der Waals surface area contributed by atoms with Crippen molar-refractivity contribution in [1.82, 2.24) is 9.78 Å². The number of sulfone groups is 1. The van der Waals surface area contributed by atoms with Crippen LogP contribution in [0.5, 0.6) is 0 Å². The molecule has 0 N–H and O–H groups in total. The number of carbonyl (C=O) groups excluding carboxylic acids is 1. The van der Waals surface area contributed by atoms with Crippen LogP contribution in [0.1, 0.15) is 17.3 Å². The smallest absolute Gasteiger partial charge is 0.175 e. The first-order chi connectivity index (χ1) is 8.39. The molecule has 0 fully saturated rings. The lowest BCUT2D eigenvalue weighted by molar-refractivity contribution is 0.101. The molecule has 0 aliphatic heterocycles. The largest absolute Gasteiger partial charge is 0.294 e. The van der Waals surface area contributed by atoms with Crippen LogP contribution >= 0.6 is 0 Å². The number of benzene rings is 1. The summed E-state index contributed by atoms with van der Waals surface area (Å²) < 4.78 is 24.5. The number of hydrogen-bond donors (Lipinski definition) is 0. The zero-order chi connectivity index (χ0) is 13.3. The van der Waals surface area contributed by atoms with Gasteiger partial charge in [-0.1, -0.05) is 0 Å². The standard InChI is InChI=1S/C12H12N2O3S/c1-9(15)11-8-10(18(2,16)17)4-5-12(11)14-7-3-6-13-14/h3-8H,1-2H3. The minimum absolute atomic E-state index is 0.128. The van der Waals surface area contributed by atoms with Crippen molar-refractivity contribution in [3.63, 3.8) is 0 Å². The van der Waals surface area contributed by atoms with Crippen LogP contribution in [0.25, 0.3) is 5.69 Å². The highest BCUT2D eigenvalue weighted by molar-refractivity contribution is 7.90. The molecule has 0 atom stereocenters. The van der Waals surface area contributed by atoms with E-state index in [1.165, 1.54) is 23.7 Å². The molecule has 2 aromatic rings. The van der Waals surface area contributed by atoms with Crippen LogP contribution in [0, 0.1) is 0 Å². The number of aromatic nitrogens is 2. The Bertz CT molecular complexity index is 688. The van der Waals surface area contributed by atoms with Crippen molar-refractivity contribution in [3.05, 3.63) is 42.2 Å². The Hall–Kier alpha value is -1.95. The molecule has 1 aromatic carbocycles.